The smallest absolute Gasteiger partial charge is 0.311 e. The molecule has 0 amide bonds. The van der Waals surface area contributed by atoms with E-state index in [1.165, 1.54) is 5.57 Å². The van der Waals surface area contributed by atoms with Crippen LogP contribution in [0.25, 0.3) is 0 Å². The molecule has 5 atom stereocenters. The van der Waals surface area contributed by atoms with Gasteiger partial charge in [0.1, 0.15) is 18.0 Å². The standard InChI is InChI=1S/C19H26N2O3.C2H6/c1-12-5-4-8-19(3)17(24-19)16-14(7-6-12)15(18(22)23-16)11-21-10-9-20-13(21)2;1-2/h5,9-10,14-17H,4,6-8,11H2,1-3H3;1-2H3/b12-5+;/t14?,15?,16-,17?,19+;/m0./s1. The maximum absolute atomic E-state index is 12.6. The predicted octanol–water partition coefficient (Wildman–Crippen LogP) is 4.05. The van der Waals surface area contributed by atoms with Gasteiger partial charge in [-0.25, -0.2) is 4.98 Å². The van der Waals surface area contributed by atoms with E-state index >= 15 is 0 Å². The van der Waals surface area contributed by atoms with Gasteiger partial charge >= 0.3 is 5.97 Å². The number of esters is 1. The Hall–Kier alpha value is -1.62. The van der Waals surface area contributed by atoms with E-state index in [-0.39, 0.29) is 35.6 Å². The first kappa shape index (κ1) is 19.2. The molecule has 26 heavy (non-hydrogen) atoms. The number of aromatic nitrogens is 2. The average molecular weight is 360 g/mol. The molecular formula is C21H32N2O3. The molecule has 0 N–H and O–H groups in total. The highest BCUT2D eigenvalue weighted by molar-refractivity contribution is 5.75. The van der Waals surface area contributed by atoms with E-state index in [4.69, 9.17) is 9.47 Å². The first-order valence-electron chi connectivity index (χ1n) is 9.99. The van der Waals surface area contributed by atoms with Crippen molar-refractivity contribution in [3.05, 3.63) is 29.9 Å². The molecule has 1 aliphatic carbocycles. The zero-order valence-corrected chi connectivity index (χ0v) is 16.7. The molecule has 0 aromatic carbocycles. The van der Waals surface area contributed by atoms with Gasteiger partial charge < -0.3 is 14.0 Å². The van der Waals surface area contributed by atoms with Crippen molar-refractivity contribution in [2.75, 3.05) is 0 Å². The first-order valence-corrected chi connectivity index (χ1v) is 9.99. The van der Waals surface area contributed by atoms with E-state index in [0.717, 1.165) is 31.5 Å². The van der Waals surface area contributed by atoms with Crippen molar-refractivity contribution in [3.8, 4) is 0 Å². The van der Waals surface area contributed by atoms with Crippen LogP contribution in [0.15, 0.2) is 24.0 Å². The Morgan fingerprint density at radius 3 is 2.81 bits per heavy atom. The lowest BCUT2D eigenvalue weighted by molar-refractivity contribution is -0.145. The van der Waals surface area contributed by atoms with E-state index in [2.05, 4.69) is 29.5 Å². The molecule has 144 valence electrons. The molecule has 1 aromatic heterocycles. The molecule has 0 saturated carbocycles. The summed E-state index contributed by atoms with van der Waals surface area (Å²) < 4.78 is 13.9. The number of epoxide rings is 1. The molecule has 2 aliphatic heterocycles. The number of hydrogen-bond donors (Lipinski definition) is 0. The number of fused-ring (bicyclic) bond motifs is 3. The van der Waals surface area contributed by atoms with Gasteiger partial charge in [-0.1, -0.05) is 25.5 Å². The fourth-order valence-corrected chi connectivity index (χ4v) is 4.36. The van der Waals surface area contributed by atoms with Crippen LogP contribution in [-0.2, 0) is 20.8 Å². The summed E-state index contributed by atoms with van der Waals surface area (Å²) >= 11 is 0. The van der Waals surface area contributed by atoms with Gasteiger partial charge in [-0.05, 0) is 46.5 Å². The average Bonchev–Trinajstić information content (AvgIpc) is 2.95. The molecule has 3 heterocycles. The van der Waals surface area contributed by atoms with E-state index in [9.17, 15) is 4.79 Å². The second kappa shape index (κ2) is 7.55. The Bertz CT molecular complexity index is 681. The molecule has 1 aromatic rings. The fraction of sp³-hybridized carbons (Fsp3) is 0.714. The molecule has 4 rings (SSSR count). The number of carbonyl (C=O) groups is 1. The lowest BCUT2D eigenvalue weighted by atomic mass is 9.80. The second-order valence-electron chi connectivity index (χ2n) is 7.78. The Labute approximate surface area is 156 Å². The van der Waals surface area contributed by atoms with E-state index in [1.807, 2.05) is 27.0 Å². The normalized spacial score (nSPS) is 38.0. The number of aryl methyl sites for hydroxylation is 1. The largest absolute Gasteiger partial charge is 0.459 e. The summed E-state index contributed by atoms with van der Waals surface area (Å²) in [6.45, 7) is 11.0. The van der Waals surface area contributed by atoms with Crippen LogP contribution in [0.1, 0.15) is 59.2 Å². The molecule has 0 radical (unpaired) electrons. The van der Waals surface area contributed by atoms with Crippen LogP contribution in [-0.4, -0.2) is 33.3 Å². The third kappa shape index (κ3) is 3.59. The lowest BCUT2D eigenvalue weighted by Crippen LogP contribution is -2.31. The van der Waals surface area contributed by atoms with Crippen LogP contribution in [0, 0.1) is 18.8 Å². The van der Waals surface area contributed by atoms with Crippen LogP contribution in [0.3, 0.4) is 0 Å². The third-order valence-electron chi connectivity index (χ3n) is 6.06. The van der Waals surface area contributed by atoms with Crippen LogP contribution in [0.4, 0.5) is 0 Å². The van der Waals surface area contributed by atoms with Gasteiger partial charge in [0.2, 0.25) is 0 Å². The highest BCUT2D eigenvalue weighted by atomic mass is 16.6. The molecule has 0 bridgehead atoms. The summed E-state index contributed by atoms with van der Waals surface area (Å²) in [4.78, 5) is 16.9. The Kier molecular flexibility index (Phi) is 5.56. The Balaban J connectivity index is 0.000000948. The Morgan fingerprint density at radius 2 is 2.12 bits per heavy atom. The van der Waals surface area contributed by atoms with Crippen LogP contribution >= 0.6 is 0 Å². The maximum Gasteiger partial charge on any atom is 0.311 e. The summed E-state index contributed by atoms with van der Waals surface area (Å²) in [7, 11) is 0. The lowest BCUT2D eigenvalue weighted by Gasteiger charge is -2.22. The number of nitrogens with zero attached hydrogens (tertiary/aromatic N) is 2. The van der Waals surface area contributed by atoms with Crippen molar-refractivity contribution < 1.29 is 14.3 Å². The summed E-state index contributed by atoms with van der Waals surface area (Å²) in [5.74, 6) is 0.975. The minimum Gasteiger partial charge on any atom is -0.459 e. The van der Waals surface area contributed by atoms with Crippen LogP contribution in [0.5, 0.6) is 0 Å². The summed E-state index contributed by atoms with van der Waals surface area (Å²) in [5.41, 5.74) is 1.28. The van der Waals surface area contributed by atoms with Crippen LogP contribution < -0.4 is 0 Å². The molecular weight excluding hydrogens is 328 g/mol. The van der Waals surface area contributed by atoms with Gasteiger partial charge in [-0.15, -0.1) is 0 Å². The van der Waals surface area contributed by atoms with Crippen LogP contribution in [0.2, 0.25) is 0 Å². The topological polar surface area (TPSA) is 56.6 Å². The minimum atomic E-state index is -0.128. The number of imidazole rings is 1. The van der Waals surface area contributed by atoms with Crippen molar-refractivity contribution in [1.82, 2.24) is 9.55 Å². The first-order chi connectivity index (χ1) is 12.5. The van der Waals surface area contributed by atoms with Gasteiger partial charge in [0, 0.05) is 24.9 Å². The monoisotopic (exact) mass is 360 g/mol. The summed E-state index contributed by atoms with van der Waals surface area (Å²) in [6.07, 6.45) is 10.1. The van der Waals surface area contributed by atoms with E-state index < -0.39 is 0 Å². The predicted molar refractivity (Wildman–Crippen MR) is 101 cm³/mol. The number of carbonyl (C=O) groups excluding carboxylic acids is 1. The molecule has 3 unspecified atom stereocenters. The quantitative estimate of drug-likeness (QED) is 0.453. The fourth-order valence-electron chi connectivity index (χ4n) is 4.36. The van der Waals surface area contributed by atoms with E-state index in [1.54, 1.807) is 6.20 Å². The van der Waals surface area contributed by atoms with E-state index in [0.29, 0.717) is 6.54 Å². The van der Waals surface area contributed by atoms with Crippen molar-refractivity contribution >= 4 is 5.97 Å². The molecule has 5 heteroatoms. The highest BCUT2D eigenvalue weighted by Gasteiger charge is 2.62. The van der Waals surface area contributed by atoms with Crippen molar-refractivity contribution in [2.24, 2.45) is 11.8 Å². The molecule has 5 nitrogen and oxygen atoms in total. The molecule has 3 aliphatic rings. The van der Waals surface area contributed by atoms with Gasteiger partial charge in [0.05, 0.1) is 11.5 Å². The summed E-state index contributed by atoms with van der Waals surface area (Å²) in [6, 6.07) is 0. The summed E-state index contributed by atoms with van der Waals surface area (Å²) in [5, 5.41) is 0. The van der Waals surface area contributed by atoms with Crippen molar-refractivity contribution in [1.29, 1.82) is 0 Å². The zero-order valence-electron chi connectivity index (χ0n) is 16.7. The third-order valence-corrected chi connectivity index (χ3v) is 6.06. The number of hydrogen-bond acceptors (Lipinski definition) is 4. The Morgan fingerprint density at radius 1 is 1.35 bits per heavy atom. The second-order valence-corrected chi connectivity index (χ2v) is 7.78. The van der Waals surface area contributed by atoms with Gasteiger partial charge in [0.15, 0.2) is 0 Å². The number of ether oxygens (including phenoxy) is 2. The van der Waals surface area contributed by atoms with Gasteiger partial charge in [-0.2, -0.15) is 0 Å². The SMILES string of the molecule is C/C1=C\CC[C@@]2(C)OC2[C@H]2OC(=O)C(Cn3ccnc3C)C2CC1.CC. The maximum atomic E-state index is 12.6. The number of rotatable bonds is 2. The molecule has 2 saturated heterocycles. The molecule has 0 spiro atoms. The minimum absolute atomic E-state index is 0.0622. The van der Waals surface area contributed by atoms with Gasteiger partial charge in [-0.3, -0.25) is 4.79 Å². The highest BCUT2D eigenvalue weighted by Crippen LogP contribution is 2.50. The van der Waals surface area contributed by atoms with Gasteiger partial charge in [0.25, 0.3) is 0 Å². The molecule has 2 fully saturated rings. The van der Waals surface area contributed by atoms with Crippen molar-refractivity contribution in [2.45, 2.75) is 84.7 Å². The zero-order chi connectivity index (χ0) is 18.9. The number of allylic oxidation sites excluding steroid dienone is 2. The van der Waals surface area contributed by atoms with Crippen molar-refractivity contribution in [3.63, 3.8) is 0 Å².